The van der Waals surface area contributed by atoms with Gasteiger partial charge in [-0.05, 0) is 60.3 Å². The van der Waals surface area contributed by atoms with Crippen LogP contribution < -0.4 is 11.1 Å². The van der Waals surface area contributed by atoms with E-state index in [0.29, 0.717) is 11.3 Å². The minimum absolute atomic E-state index is 0.0290. The van der Waals surface area contributed by atoms with E-state index in [1.807, 2.05) is 0 Å². The van der Waals surface area contributed by atoms with Crippen LogP contribution in [0.1, 0.15) is 20.7 Å². The lowest BCUT2D eigenvalue weighted by molar-refractivity contribution is -0.0328. The summed E-state index contributed by atoms with van der Waals surface area (Å²) in [7, 11) is 0. The van der Waals surface area contributed by atoms with Crippen LogP contribution in [-0.4, -0.2) is 17.3 Å². The number of amides is 2. The Morgan fingerprint density at radius 3 is 1.91 bits per heavy atom. The van der Waals surface area contributed by atoms with Crippen LogP contribution >= 0.6 is 11.8 Å². The van der Waals surface area contributed by atoms with Crippen molar-refractivity contribution in [2.45, 2.75) is 10.4 Å². The number of thioether (sulfide) groups is 1. The number of anilines is 1. The molecule has 2 aromatic carbocycles. The van der Waals surface area contributed by atoms with Crippen molar-refractivity contribution >= 4 is 29.3 Å². The first-order chi connectivity index (χ1) is 10.7. The van der Waals surface area contributed by atoms with Gasteiger partial charge in [0.15, 0.2) is 0 Å². The fourth-order valence-electron chi connectivity index (χ4n) is 1.73. The maximum atomic E-state index is 12.2. The van der Waals surface area contributed by atoms with Gasteiger partial charge in [-0.25, -0.2) is 0 Å². The van der Waals surface area contributed by atoms with Crippen molar-refractivity contribution in [1.29, 1.82) is 0 Å². The van der Waals surface area contributed by atoms with E-state index in [-0.39, 0.29) is 22.2 Å². The summed E-state index contributed by atoms with van der Waals surface area (Å²) in [6.07, 6.45) is 0. The van der Waals surface area contributed by atoms with E-state index in [9.17, 15) is 22.8 Å². The first-order valence-electron chi connectivity index (χ1n) is 6.31. The average Bonchev–Trinajstić information content (AvgIpc) is 2.48. The predicted octanol–water partition coefficient (Wildman–Crippen LogP) is 3.65. The topological polar surface area (TPSA) is 72.2 Å². The van der Waals surface area contributed by atoms with Crippen molar-refractivity contribution < 1.29 is 22.8 Å². The average molecular weight is 340 g/mol. The van der Waals surface area contributed by atoms with Crippen molar-refractivity contribution in [3.8, 4) is 0 Å². The molecular weight excluding hydrogens is 329 g/mol. The van der Waals surface area contributed by atoms with Crippen molar-refractivity contribution in [2.24, 2.45) is 5.73 Å². The molecule has 0 atom stereocenters. The zero-order chi connectivity index (χ0) is 17.0. The maximum Gasteiger partial charge on any atom is 0.446 e. The highest BCUT2D eigenvalue weighted by Gasteiger charge is 2.29. The first kappa shape index (κ1) is 16.9. The van der Waals surface area contributed by atoms with Crippen LogP contribution in [0.15, 0.2) is 53.4 Å². The van der Waals surface area contributed by atoms with E-state index >= 15 is 0 Å². The van der Waals surface area contributed by atoms with Crippen molar-refractivity contribution in [3.05, 3.63) is 59.7 Å². The lowest BCUT2D eigenvalue weighted by atomic mass is 10.1. The number of benzene rings is 2. The van der Waals surface area contributed by atoms with E-state index < -0.39 is 17.3 Å². The van der Waals surface area contributed by atoms with Crippen LogP contribution in [0, 0.1) is 0 Å². The van der Waals surface area contributed by atoms with Gasteiger partial charge in [0.25, 0.3) is 5.91 Å². The molecular formula is C15H11F3N2O2S. The van der Waals surface area contributed by atoms with Crippen LogP contribution in [0.4, 0.5) is 18.9 Å². The third kappa shape index (κ3) is 5.03. The summed E-state index contributed by atoms with van der Waals surface area (Å²) < 4.78 is 36.7. The molecule has 0 heterocycles. The summed E-state index contributed by atoms with van der Waals surface area (Å²) in [6, 6.07) is 11.0. The third-order valence-electron chi connectivity index (χ3n) is 2.78. The highest BCUT2D eigenvalue weighted by Crippen LogP contribution is 2.37. The third-order valence-corrected chi connectivity index (χ3v) is 3.52. The number of nitrogens with one attached hydrogen (secondary N) is 1. The summed E-state index contributed by atoms with van der Waals surface area (Å²) in [5, 5.41) is 2.55. The molecule has 2 rings (SSSR count). The second-order valence-electron chi connectivity index (χ2n) is 4.47. The minimum Gasteiger partial charge on any atom is -0.366 e. The number of alkyl halides is 3. The van der Waals surface area contributed by atoms with Gasteiger partial charge in [-0.3, -0.25) is 9.59 Å². The summed E-state index contributed by atoms with van der Waals surface area (Å²) in [5.74, 6) is -1.05. The van der Waals surface area contributed by atoms with Gasteiger partial charge < -0.3 is 11.1 Å². The number of carbonyl (C=O) groups excluding carboxylic acids is 2. The molecule has 120 valence electrons. The second kappa shape index (κ2) is 6.74. The minimum atomic E-state index is -4.35. The molecule has 0 aliphatic rings. The lowest BCUT2D eigenvalue weighted by Gasteiger charge is -2.08. The molecule has 23 heavy (non-hydrogen) atoms. The molecule has 0 aromatic heterocycles. The van der Waals surface area contributed by atoms with E-state index in [2.05, 4.69) is 5.32 Å². The van der Waals surface area contributed by atoms with Crippen LogP contribution in [0.25, 0.3) is 0 Å². The number of carbonyl (C=O) groups is 2. The number of hydrogen-bond acceptors (Lipinski definition) is 3. The van der Waals surface area contributed by atoms with Gasteiger partial charge in [-0.1, -0.05) is 0 Å². The van der Waals surface area contributed by atoms with E-state index in [4.69, 9.17) is 5.73 Å². The van der Waals surface area contributed by atoms with Crippen LogP contribution in [0.5, 0.6) is 0 Å². The number of halogens is 3. The summed E-state index contributed by atoms with van der Waals surface area (Å²) in [5.41, 5.74) is 1.68. The summed E-state index contributed by atoms with van der Waals surface area (Å²) in [6.45, 7) is 0. The van der Waals surface area contributed by atoms with Gasteiger partial charge in [0.1, 0.15) is 0 Å². The van der Waals surface area contributed by atoms with Crippen molar-refractivity contribution in [2.75, 3.05) is 5.32 Å². The Bertz CT molecular complexity index is 713. The number of primary amides is 1. The Kier molecular flexibility index (Phi) is 4.95. The number of nitrogens with two attached hydrogens (primary N) is 1. The molecule has 0 spiro atoms. The Hall–Kier alpha value is -2.48. The second-order valence-corrected chi connectivity index (χ2v) is 5.61. The van der Waals surface area contributed by atoms with Gasteiger partial charge >= 0.3 is 5.51 Å². The Labute approximate surface area is 133 Å². The monoisotopic (exact) mass is 340 g/mol. The van der Waals surface area contributed by atoms with Crippen molar-refractivity contribution in [3.63, 3.8) is 0 Å². The molecule has 8 heteroatoms. The van der Waals surface area contributed by atoms with Crippen LogP contribution in [-0.2, 0) is 0 Å². The first-order valence-corrected chi connectivity index (χ1v) is 7.13. The normalized spacial score (nSPS) is 11.1. The molecule has 4 nitrogen and oxygen atoms in total. The van der Waals surface area contributed by atoms with E-state index in [1.165, 1.54) is 48.5 Å². The molecule has 0 aliphatic carbocycles. The zero-order valence-electron chi connectivity index (χ0n) is 11.6. The van der Waals surface area contributed by atoms with Gasteiger partial charge in [-0.15, -0.1) is 0 Å². The molecule has 0 aliphatic heterocycles. The van der Waals surface area contributed by atoms with Gasteiger partial charge in [-0.2, -0.15) is 13.2 Å². The van der Waals surface area contributed by atoms with Gasteiger partial charge in [0, 0.05) is 21.7 Å². The SMILES string of the molecule is NC(=O)c1ccc(C(=O)Nc2ccc(SC(F)(F)F)cc2)cc1. The predicted molar refractivity (Wildman–Crippen MR) is 81.3 cm³/mol. The summed E-state index contributed by atoms with van der Waals surface area (Å²) in [4.78, 5) is 23.0. The van der Waals surface area contributed by atoms with E-state index in [0.717, 1.165) is 0 Å². The van der Waals surface area contributed by atoms with Crippen molar-refractivity contribution in [1.82, 2.24) is 0 Å². The molecule has 0 fully saturated rings. The molecule has 2 amide bonds. The molecule has 0 saturated carbocycles. The van der Waals surface area contributed by atoms with Crippen LogP contribution in [0.3, 0.4) is 0 Å². The fourth-order valence-corrected chi connectivity index (χ4v) is 2.27. The fraction of sp³-hybridized carbons (Fsp3) is 0.0667. The standard InChI is InChI=1S/C15H11F3N2O2S/c16-15(17,18)23-12-7-5-11(6-8-12)20-14(22)10-3-1-9(2-4-10)13(19)21/h1-8H,(H2,19,21)(H,20,22). The van der Waals surface area contributed by atoms with Gasteiger partial charge in [0.05, 0.1) is 0 Å². The Balaban J connectivity index is 2.03. The Morgan fingerprint density at radius 2 is 1.43 bits per heavy atom. The quantitative estimate of drug-likeness (QED) is 0.835. The molecule has 0 saturated heterocycles. The Morgan fingerprint density at radius 1 is 0.913 bits per heavy atom. The van der Waals surface area contributed by atoms with Crippen LogP contribution in [0.2, 0.25) is 0 Å². The molecule has 0 radical (unpaired) electrons. The smallest absolute Gasteiger partial charge is 0.366 e. The largest absolute Gasteiger partial charge is 0.446 e. The summed E-state index contributed by atoms with van der Waals surface area (Å²) >= 11 is -0.227. The zero-order valence-corrected chi connectivity index (χ0v) is 12.4. The highest BCUT2D eigenvalue weighted by atomic mass is 32.2. The number of hydrogen-bond donors (Lipinski definition) is 2. The molecule has 0 unspecified atom stereocenters. The van der Waals surface area contributed by atoms with Gasteiger partial charge in [0.2, 0.25) is 5.91 Å². The molecule has 3 N–H and O–H groups in total. The number of rotatable bonds is 4. The molecule has 2 aromatic rings. The van der Waals surface area contributed by atoms with E-state index in [1.54, 1.807) is 0 Å². The maximum absolute atomic E-state index is 12.2. The lowest BCUT2D eigenvalue weighted by Crippen LogP contribution is -2.14. The molecule has 0 bridgehead atoms. The highest BCUT2D eigenvalue weighted by molar-refractivity contribution is 8.00.